The highest BCUT2D eigenvalue weighted by molar-refractivity contribution is 5.66. The second-order valence-corrected chi connectivity index (χ2v) is 3.31. The van der Waals surface area contributed by atoms with E-state index < -0.39 is 6.29 Å². The SMILES string of the molecule is CO[C@H]1C[C@@H](OC(C)=O)O[C@@H](C)C1. The van der Waals surface area contributed by atoms with Gasteiger partial charge >= 0.3 is 5.97 Å². The zero-order valence-electron chi connectivity index (χ0n) is 8.28. The molecule has 0 aromatic carbocycles. The normalized spacial score (nSPS) is 34.2. The van der Waals surface area contributed by atoms with Crippen LogP contribution in [0.25, 0.3) is 0 Å². The molecule has 13 heavy (non-hydrogen) atoms. The Balaban J connectivity index is 2.42. The molecule has 0 radical (unpaired) electrons. The summed E-state index contributed by atoms with van der Waals surface area (Å²) in [4.78, 5) is 10.7. The molecule has 0 spiro atoms. The van der Waals surface area contributed by atoms with Gasteiger partial charge in [-0.2, -0.15) is 0 Å². The summed E-state index contributed by atoms with van der Waals surface area (Å²) in [6.07, 6.45) is 1.26. The molecule has 0 aromatic heterocycles. The number of methoxy groups -OCH3 is 1. The number of esters is 1. The van der Waals surface area contributed by atoms with Crippen molar-refractivity contribution >= 4 is 5.97 Å². The zero-order valence-corrected chi connectivity index (χ0v) is 8.28. The molecule has 4 nitrogen and oxygen atoms in total. The van der Waals surface area contributed by atoms with Gasteiger partial charge in [0.1, 0.15) is 0 Å². The summed E-state index contributed by atoms with van der Waals surface area (Å²) in [5.74, 6) is -0.311. The van der Waals surface area contributed by atoms with Gasteiger partial charge in [-0.3, -0.25) is 4.79 Å². The van der Waals surface area contributed by atoms with Crippen molar-refractivity contribution in [3.05, 3.63) is 0 Å². The molecule has 0 bridgehead atoms. The molecule has 0 N–H and O–H groups in total. The molecule has 1 heterocycles. The standard InChI is InChI=1S/C9H16O4/c1-6-4-8(11-3)5-9(12-6)13-7(2)10/h6,8-9H,4-5H2,1-3H3/t6-,8+,9+/m0/s1. The molecule has 76 valence electrons. The zero-order chi connectivity index (χ0) is 9.84. The van der Waals surface area contributed by atoms with Gasteiger partial charge in [0.2, 0.25) is 6.29 Å². The van der Waals surface area contributed by atoms with Gasteiger partial charge in [0.05, 0.1) is 12.2 Å². The lowest BCUT2D eigenvalue weighted by molar-refractivity contribution is -0.214. The second kappa shape index (κ2) is 4.58. The number of hydrogen-bond acceptors (Lipinski definition) is 4. The molecule has 1 saturated heterocycles. The van der Waals surface area contributed by atoms with Crippen LogP contribution in [0.15, 0.2) is 0 Å². The van der Waals surface area contributed by atoms with Gasteiger partial charge in [-0.25, -0.2) is 0 Å². The quantitative estimate of drug-likeness (QED) is 0.608. The Morgan fingerprint density at radius 2 is 2.15 bits per heavy atom. The maximum Gasteiger partial charge on any atom is 0.304 e. The lowest BCUT2D eigenvalue weighted by atomic mass is 10.1. The molecular formula is C9H16O4. The van der Waals surface area contributed by atoms with Crippen molar-refractivity contribution in [1.82, 2.24) is 0 Å². The largest absolute Gasteiger partial charge is 0.436 e. The molecule has 1 aliphatic heterocycles. The highest BCUT2D eigenvalue weighted by atomic mass is 16.7. The Morgan fingerprint density at radius 3 is 2.69 bits per heavy atom. The molecule has 0 aliphatic carbocycles. The molecule has 0 amide bonds. The fourth-order valence-electron chi connectivity index (χ4n) is 1.50. The molecule has 1 aliphatic rings. The summed E-state index contributed by atoms with van der Waals surface area (Å²) in [5.41, 5.74) is 0. The van der Waals surface area contributed by atoms with Crippen molar-refractivity contribution in [1.29, 1.82) is 0 Å². The van der Waals surface area contributed by atoms with E-state index in [0.717, 1.165) is 6.42 Å². The third kappa shape index (κ3) is 3.32. The summed E-state index contributed by atoms with van der Waals surface area (Å²) in [6.45, 7) is 3.33. The third-order valence-electron chi connectivity index (χ3n) is 2.06. The van der Waals surface area contributed by atoms with E-state index in [1.165, 1.54) is 6.92 Å². The Morgan fingerprint density at radius 1 is 1.46 bits per heavy atom. The lowest BCUT2D eigenvalue weighted by Crippen LogP contribution is -2.37. The van der Waals surface area contributed by atoms with Gasteiger partial charge in [0.15, 0.2) is 0 Å². The number of carbonyl (C=O) groups excluding carboxylic acids is 1. The van der Waals surface area contributed by atoms with Gasteiger partial charge in [-0.05, 0) is 13.3 Å². The van der Waals surface area contributed by atoms with Crippen molar-refractivity contribution < 1.29 is 19.0 Å². The number of rotatable bonds is 2. The van der Waals surface area contributed by atoms with Crippen molar-refractivity contribution in [2.45, 2.75) is 45.2 Å². The first-order valence-corrected chi connectivity index (χ1v) is 4.47. The van der Waals surface area contributed by atoms with Crippen LogP contribution < -0.4 is 0 Å². The molecule has 1 fully saturated rings. The van der Waals surface area contributed by atoms with Crippen LogP contribution in [0.4, 0.5) is 0 Å². The minimum atomic E-state index is -0.439. The summed E-state index contributed by atoms with van der Waals surface area (Å²) >= 11 is 0. The van der Waals surface area contributed by atoms with Crippen LogP contribution in [0.1, 0.15) is 26.7 Å². The minimum absolute atomic E-state index is 0.0862. The average Bonchev–Trinajstić information content (AvgIpc) is 2.01. The molecular weight excluding hydrogens is 172 g/mol. The molecule has 0 aromatic rings. The highest BCUT2D eigenvalue weighted by Crippen LogP contribution is 2.22. The van der Waals surface area contributed by atoms with Crippen molar-refractivity contribution in [3.63, 3.8) is 0 Å². The lowest BCUT2D eigenvalue weighted by Gasteiger charge is -2.32. The molecule has 0 saturated carbocycles. The van der Waals surface area contributed by atoms with Gasteiger partial charge in [0, 0.05) is 20.5 Å². The Kier molecular flexibility index (Phi) is 3.69. The van der Waals surface area contributed by atoms with E-state index in [2.05, 4.69) is 0 Å². The first-order valence-electron chi connectivity index (χ1n) is 4.47. The minimum Gasteiger partial charge on any atom is -0.436 e. The number of ether oxygens (including phenoxy) is 3. The van der Waals surface area contributed by atoms with Crippen LogP contribution in [-0.4, -0.2) is 31.6 Å². The summed E-state index contributed by atoms with van der Waals surface area (Å²) in [7, 11) is 1.66. The average molecular weight is 188 g/mol. The maximum atomic E-state index is 10.7. The topological polar surface area (TPSA) is 44.8 Å². The van der Waals surface area contributed by atoms with Crippen molar-refractivity contribution in [2.24, 2.45) is 0 Å². The van der Waals surface area contributed by atoms with Crippen LogP contribution in [0.2, 0.25) is 0 Å². The van der Waals surface area contributed by atoms with Crippen LogP contribution in [0.5, 0.6) is 0 Å². The first kappa shape index (κ1) is 10.5. The predicted octanol–water partition coefficient (Wildman–Crippen LogP) is 1.09. The van der Waals surface area contributed by atoms with E-state index in [4.69, 9.17) is 14.2 Å². The Bertz CT molecular complexity index is 180. The fourth-order valence-corrected chi connectivity index (χ4v) is 1.50. The van der Waals surface area contributed by atoms with Crippen LogP contribution in [-0.2, 0) is 19.0 Å². The number of carbonyl (C=O) groups is 1. The summed E-state index contributed by atoms with van der Waals surface area (Å²) < 4.78 is 15.6. The molecule has 1 rings (SSSR count). The molecule has 3 atom stereocenters. The molecule has 4 heteroatoms. The smallest absolute Gasteiger partial charge is 0.304 e. The Labute approximate surface area is 78.2 Å². The van der Waals surface area contributed by atoms with E-state index in [1.54, 1.807) is 7.11 Å². The number of hydrogen-bond donors (Lipinski definition) is 0. The van der Waals surface area contributed by atoms with E-state index >= 15 is 0 Å². The monoisotopic (exact) mass is 188 g/mol. The van der Waals surface area contributed by atoms with Gasteiger partial charge in [-0.15, -0.1) is 0 Å². The first-order chi connectivity index (χ1) is 6.11. The highest BCUT2D eigenvalue weighted by Gasteiger charge is 2.28. The second-order valence-electron chi connectivity index (χ2n) is 3.31. The van der Waals surface area contributed by atoms with Gasteiger partial charge in [0.25, 0.3) is 0 Å². The fraction of sp³-hybridized carbons (Fsp3) is 0.889. The summed E-state index contributed by atoms with van der Waals surface area (Å²) in [5, 5.41) is 0. The molecule has 0 unspecified atom stereocenters. The van der Waals surface area contributed by atoms with Crippen molar-refractivity contribution in [2.75, 3.05) is 7.11 Å². The van der Waals surface area contributed by atoms with Crippen LogP contribution in [0.3, 0.4) is 0 Å². The van der Waals surface area contributed by atoms with E-state index in [9.17, 15) is 4.79 Å². The van der Waals surface area contributed by atoms with Crippen LogP contribution in [0, 0.1) is 0 Å². The van der Waals surface area contributed by atoms with E-state index in [0.29, 0.717) is 6.42 Å². The van der Waals surface area contributed by atoms with E-state index in [1.807, 2.05) is 6.92 Å². The van der Waals surface area contributed by atoms with Gasteiger partial charge in [-0.1, -0.05) is 0 Å². The summed E-state index contributed by atoms with van der Waals surface area (Å²) in [6, 6.07) is 0. The third-order valence-corrected chi connectivity index (χ3v) is 2.06. The predicted molar refractivity (Wildman–Crippen MR) is 46.1 cm³/mol. The van der Waals surface area contributed by atoms with Crippen LogP contribution >= 0.6 is 0 Å². The maximum absolute atomic E-state index is 10.7. The van der Waals surface area contributed by atoms with Gasteiger partial charge < -0.3 is 14.2 Å². The van der Waals surface area contributed by atoms with Crippen molar-refractivity contribution in [3.8, 4) is 0 Å². The van der Waals surface area contributed by atoms with E-state index in [-0.39, 0.29) is 18.2 Å². The Hall–Kier alpha value is -0.610.